The Morgan fingerprint density at radius 2 is 2.04 bits per heavy atom. The number of carbonyl (C=O) groups excluding carboxylic acids is 2. The molecule has 0 saturated heterocycles. The quantitative estimate of drug-likeness (QED) is 0.538. The van der Waals surface area contributed by atoms with Gasteiger partial charge >= 0.3 is 5.97 Å². The van der Waals surface area contributed by atoms with E-state index in [-0.39, 0.29) is 17.1 Å². The van der Waals surface area contributed by atoms with Crippen LogP contribution in [0, 0.1) is 6.92 Å². The van der Waals surface area contributed by atoms with Gasteiger partial charge in [0.25, 0.3) is 0 Å². The van der Waals surface area contributed by atoms with Crippen LogP contribution >= 0.6 is 35.3 Å². The Hall–Kier alpha value is -1.71. The standard InChI is InChI=1S/C19H25N3O3S3/c1-10-7-13-15(28-17(21-13)19(3,4)5)8-12(10)22-18(26)27-9-14(16(24)25-6)20-11(2)23/h7-8,14H,9H2,1-6H3,(H,20,23)(H,22,26). The van der Waals surface area contributed by atoms with Crippen molar-refractivity contribution in [3.8, 4) is 0 Å². The Kier molecular flexibility index (Phi) is 7.41. The number of hydrogen-bond donors (Lipinski definition) is 2. The lowest BCUT2D eigenvalue weighted by molar-refractivity contribution is -0.144. The second-order valence-corrected chi connectivity index (χ2v) is 10.1. The number of benzene rings is 1. The number of esters is 1. The molecule has 0 bridgehead atoms. The number of thiocarbonyl (C=S) groups is 1. The van der Waals surface area contributed by atoms with Gasteiger partial charge in [-0.3, -0.25) is 4.79 Å². The van der Waals surface area contributed by atoms with E-state index >= 15 is 0 Å². The number of anilines is 1. The van der Waals surface area contributed by atoms with Crippen molar-refractivity contribution in [1.82, 2.24) is 10.3 Å². The van der Waals surface area contributed by atoms with E-state index in [1.807, 2.05) is 13.0 Å². The molecule has 1 heterocycles. The van der Waals surface area contributed by atoms with Crippen LogP contribution in [-0.2, 0) is 19.7 Å². The number of fused-ring (bicyclic) bond motifs is 1. The lowest BCUT2D eigenvalue weighted by Crippen LogP contribution is -2.42. The van der Waals surface area contributed by atoms with Crippen molar-refractivity contribution in [2.75, 3.05) is 18.2 Å². The molecule has 2 N–H and O–H groups in total. The topological polar surface area (TPSA) is 80.3 Å². The van der Waals surface area contributed by atoms with E-state index in [0.29, 0.717) is 4.32 Å². The van der Waals surface area contributed by atoms with Gasteiger partial charge in [0.15, 0.2) is 0 Å². The number of thioether (sulfide) groups is 1. The summed E-state index contributed by atoms with van der Waals surface area (Å²) < 4.78 is 6.33. The van der Waals surface area contributed by atoms with Crippen LogP contribution in [-0.4, -0.2) is 40.1 Å². The molecule has 0 radical (unpaired) electrons. The Bertz CT molecular complexity index is 903. The molecule has 1 amide bonds. The molecule has 0 aliphatic carbocycles. The number of carbonyl (C=O) groups is 2. The third-order valence-corrected chi connectivity index (χ3v) is 6.62. The fourth-order valence-electron chi connectivity index (χ4n) is 2.40. The van der Waals surface area contributed by atoms with Gasteiger partial charge in [0.1, 0.15) is 10.4 Å². The summed E-state index contributed by atoms with van der Waals surface area (Å²) in [5, 5.41) is 6.89. The van der Waals surface area contributed by atoms with Crippen molar-refractivity contribution in [2.24, 2.45) is 0 Å². The second-order valence-electron chi connectivity index (χ2n) is 7.40. The lowest BCUT2D eigenvalue weighted by atomic mass is 9.98. The highest BCUT2D eigenvalue weighted by Crippen LogP contribution is 2.34. The van der Waals surface area contributed by atoms with Crippen LogP contribution in [0.1, 0.15) is 38.3 Å². The molecular weight excluding hydrogens is 414 g/mol. The molecule has 1 atom stereocenters. The van der Waals surface area contributed by atoms with Gasteiger partial charge in [-0.25, -0.2) is 9.78 Å². The van der Waals surface area contributed by atoms with Crippen molar-refractivity contribution in [2.45, 2.75) is 46.1 Å². The Morgan fingerprint density at radius 1 is 1.36 bits per heavy atom. The summed E-state index contributed by atoms with van der Waals surface area (Å²) in [6.45, 7) is 9.80. The van der Waals surface area contributed by atoms with E-state index in [1.165, 1.54) is 25.8 Å². The molecule has 0 saturated carbocycles. The zero-order chi connectivity index (χ0) is 21.1. The predicted octanol–water partition coefficient (Wildman–Crippen LogP) is 4.01. The molecule has 0 spiro atoms. The van der Waals surface area contributed by atoms with Crippen molar-refractivity contribution < 1.29 is 14.3 Å². The average Bonchev–Trinajstić information content (AvgIpc) is 3.01. The molecule has 0 aliphatic rings. The number of nitrogens with one attached hydrogen (secondary N) is 2. The monoisotopic (exact) mass is 439 g/mol. The summed E-state index contributed by atoms with van der Waals surface area (Å²) in [5.74, 6) is -0.507. The normalized spacial score (nSPS) is 12.5. The predicted molar refractivity (Wildman–Crippen MR) is 121 cm³/mol. The number of aryl methyl sites for hydroxylation is 1. The highest BCUT2D eigenvalue weighted by atomic mass is 32.2. The van der Waals surface area contributed by atoms with Crippen LogP contribution in [0.25, 0.3) is 10.2 Å². The molecule has 1 unspecified atom stereocenters. The second kappa shape index (κ2) is 9.19. The van der Waals surface area contributed by atoms with Gasteiger partial charge in [-0.15, -0.1) is 11.3 Å². The van der Waals surface area contributed by atoms with Gasteiger partial charge in [-0.05, 0) is 24.6 Å². The van der Waals surface area contributed by atoms with Gasteiger partial charge in [0.2, 0.25) is 5.91 Å². The summed E-state index contributed by atoms with van der Waals surface area (Å²) in [6, 6.07) is 3.35. The minimum atomic E-state index is -0.744. The molecule has 0 aliphatic heterocycles. The number of aromatic nitrogens is 1. The molecule has 152 valence electrons. The summed E-state index contributed by atoms with van der Waals surface area (Å²) in [4.78, 5) is 27.8. The van der Waals surface area contributed by atoms with Crippen molar-refractivity contribution >= 4 is 67.4 Å². The summed E-state index contributed by atoms with van der Waals surface area (Å²) in [7, 11) is 1.29. The van der Waals surface area contributed by atoms with E-state index in [0.717, 1.165) is 26.5 Å². The SMILES string of the molecule is COC(=O)C(CSC(=S)Nc1cc2sc(C(C)(C)C)nc2cc1C)NC(C)=O. The molecular formula is C19H25N3O3S3. The summed E-state index contributed by atoms with van der Waals surface area (Å²) in [5.41, 5.74) is 2.92. The van der Waals surface area contributed by atoms with E-state index < -0.39 is 12.0 Å². The maximum atomic E-state index is 11.8. The Morgan fingerprint density at radius 3 is 2.61 bits per heavy atom. The summed E-state index contributed by atoms with van der Waals surface area (Å²) in [6.07, 6.45) is 0. The first-order valence-corrected chi connectivity index (χ1v) is 10.9. The number of thiazole rings is 1. The molecule has 6 nitrogen and oxygen atoms in total. The minimum Gasteiger partial charge on any atom is -0.467 e. The van der Waals surface area contributed by atoms with E-state index in [1.54, 1.807) is 11.3 Å². The van der Waals surface area contributed by atoms with Gasteiger partial charge in [0.05, 0.1) is 22.3 Å². The lowest BCUT2D eigenvalue weighted by Gasteiger charge is -2.16. The number of amides is 1. The fraction of sp³-hybridized carbons (Fsp3) is 0.474. The largest absolute Gasteiger partial charge is 0.467 e. The fourth-order valence-corrected chi connectivity index (χ4v) is 4.47. The Labute approximate surface area is 178 Å². The highest BCUT2D eigenvalue weighted by Gasteiger charge is 2.22. The van der Waals surface area contributed by atoms with Crippen LogP contribution < -0.4 is 10.6 Å². The van der Waals surface area contributed by atoms with Crippen LogP contribution in [0.4, 0.5) is 5.69 Å². The molecule has 1 aromatic carbocycles. The van der Waals surface area contributed by atoms with Gasteiger partial charge in [-0.2, -0.15) is 0 Å². The number of ether oxygens (including phenoxy) is 1. The van der Waals surface area contributed by atoms with Gasteiger partial charge < -0.3 is 15.4 Å². The smallest absolute Gasteiger partial charge is 0.329 e. The third-order valence-electron chi connectivity index (χ3n) is 3.86. The van der Waals surface area contributed by atoms with Crippen LogP contribution in [0.15, 0.2) is 12.1 Å². The Balaban J connectivity index is 2.10. The first-order valence-electron chi connectivity index (χ1n) is 8.71. The third kappa shape index (κ3) is 5.89. The average molecular weight is 440 g/mol. The first-order chi connectivity index (χ1) is 13.0. The van der Waals surface area contributed by atoms with Crippen LogP contribution in [0.3, 0.4) is 0 Å². The van der Waals surface area contributed by atoms with Gasteiger partial charge in [-0.1, -0.05) is 44.8 Å². The zero-order valence-corrected chi connectivity index (χ0v) is 19.3. The highest BCUT2D eigenvalue weighted by molar-refractivity contribution is 8.23. The van der Waals surface area contributed by atoms with Crippen molar-refractivity contribution in [3.05, 3.63) is 22.7 Å². The first kappa shape index (κ1) is 22.6. The molecule has 0 fully saturated rings. The number of methoxy groups -OCH3 is 1. The maximum Gasteiger partial charge on any atom is 0.329 e. The van der Waals surface area contributed by atoms with Gasteiger partial charge in [0, 0.05) is 23.8 Å². The van der Waals surface area contributed by atoms with E-state index in [4.69, 9.17) is 21.9 Å². The number of rotatable bonds is 5. The maximum absolute atomic E-state index is 11.8. The number of hydrogen-bond acceptors (Lipinski definition) is 7. The van der Waals surface area contributed by atoms with Crippen LogP contribution in [0.2, 0.25) is 0 Å². The summed E-state index contributed by atoms with van der Waals surface area (Å²) >= 11 is 8.37. The molecule has 2 rings (SSSR count). The molecule has 2 aromatic rings. The van der Waals surface area contributed by atoms with Crippen LogP contribution in [0.5, 0.6) is 0 Å². The molecule has 28 heavy (non-hydrogen) atoms. The minimum absolute atomic E-state index is 0.00292. The van der Waals surface area contributed by atoms with E-state index in [2.05, 4.69) is 37.5 Å². The molecule has 1 aromatic heterocycles. The zero-order valence-electron chi connectivity index (χ0n) is 16.8. The van der Waals surface area contributed by atoms with Crippen molar-refractivity contribution in [1.29, 1.82) is 0 Å². The number of nitrogens with zero attached hydrogens (tertiary/aromatic N) is 1. The van der Waals surface area contributed by atoms with Crippen molar-refractivity contribution in [3.63, 3.8) is 0 Å². The van der Waals surface area contributed by atoms with E-state index in [9.17, 15) is 9.59 Å². The molecule has 9 heteroatoms.